The maximum Gasteiger partial charge on any atom is 0.348 e. The fourth-order valence-corrected chi connectivity index (χ4v) is 6.08. The molecule has 0 spiro atoms. The lowest BCUT2D eigenvalue weighted by molar-refractivity contribution is -0.113. The molecule has 2 amide bonds. The summed E-state index contributed by atoms with van der Waals surface area (Å²) in [6.07, 6.45) is 0. The number of hydrogen-bond acceptors (Lipinski definition) is 11. The van der Waals surface area contributed by atoms with Gasteiger partial charge in [0.05, 0.1) is 44.7 Å². The predicted octanol–water partition coefficient (Wildman–Crippen LogP) is 4.72. The van der Waals surface area contributed by atoms with E-state index in [1.54, 1.807) is 52.1 Å². The van der Waals surface area contributed by atoms with E-state index >= 15 is 0 Å². The van der Waals surface area contributed by atoms with Crippen molar-refractivity contribution in [3.63, 3.8) is 0 Å². The van der Waals surface area contributed by atoms with Gasteiger partial charge in [-0.1, -0.05) is 42.1 Å². The van der Waals surface area contributed by atoms with E-state index in [4.69, 9.17) is 14.2 Å². The SMILES string of the molecule is CCOC(=O)c1sc(NC(=O)CSc2nnc(CNC(=O)c3ccc(OC)cc3)n2Cc2ccccc2)c(C(=O)OCC)c1C. The van der Waals surface area contributed by atoms with Crippen LogP contribution in [0.2, 0.25) is 0 Å². The van der Waals surface area contributed by atoms with Gasteiger partial charge in [0, 0.05) is 5.56 Å². The van der Waals surface area contributed by atoms with Crippen LogP contribution in [0.3, 0.4) is 0 Å². The van der Waals surface area contributed by atoms with E-state index in [9.17, 15) is 19.2 Å². The number of carbonyl (C=O) groups is 4. The van der Waals surface area contributed by atoms with Gasteiger partial charge >= 0.3 is 11.9 Å². The molecule has 2 aromatic heterocycles. The molecule has 12 nitrogen and oxygen atoms in total. The quantitative estimate of drug-likeness (QED) is 0.145. The number of methoxy groups -OCH3 is 1. The summed E-state index contributed by atoms with van der Waals surface area (Å²) < 4.78 is 17.3. The molecular formula is C31H33N5O7S2. The van der Waals surface area contributed by atoms with Crippen LogP contribution >= 0.6 is 23.1 Å². The zero-order valence-electron chi connectivity index (χ0n) is 25.2. The van der Waals surface area contributed by atoms with Crippen LogP contribution in [-0.4, -0.2) is 64.6 Å². The number of rotatable bonds is 14. The molecule has 0 atom stereocenters. The second kappa shape index (κ2) is 15.9. The van der Waals surface area contributed by atoms with Crippen molar-refractivity contribution in [1.29, 1.82) is 0 Å². The standard InChI is InChI=1S/C31H33N5O7S2/c1-5-42-29(39)25-19(3)26(30(40)43-6-2)45-28(25)33-24(37)18-44-31-35-34-23(36(31)17-20-10-8-7-9-11-20)16-32-27(38)21-12-14-22(41-4)15-13-21/h7-15H,5-6,16-18H2,1-4H3,(H,32,38)(H,33,37). The first-order chi connectivity index (χ1) is 21.7. The normalized spacial score (nSPS) is 10.7. The predicted molar refractivity (Wildman–Crippen MR) is 170 cm³/mol. The number of ether oxygens (including phenoxy) is 3. The second-order valence-electron chi connectivity index (χ2n) is 9.42. The Morgan fingerprint density at radius 3 is 2.29 bits per heavy atom. The zero-order chi connectivity index (χ0) is 32.3. The van der Waals surface area contributed by atoms with Crippen molar-refractivity contribution in [2.24, 2.45) is 0 Å². The molecule has 0 saturated heterocycles. The zero-order valence-corrected chi connectivity index (χ0v) is 26.9. The van der Waals surface area contributed by atoms with Gasteiger partial charge in [0.15, 0.2) is 11.0 Å². The lowest BCUT2D eigenvalue weighted by Gasteiger charge is -2.11. The summed E-state index contributed by atoms with van der Waals surface area (Å²) in [5, 5.41) is 14.9. The van der Waals surface area contributed by atoms with Crippen LogP contribution < -0.4 is 15.4 Å². The number of thiophene rings is 1. The highest BCUT2D eigenvalue weighted by Gasteiger charge is 2.27. The van der Waals surface area contributed by atoms with Crippen molar-refractivity contribution in [2.75, 3.05) is 31.4 Å². The molecule has 2 aromatic carbocycles. The Bertz CT molecular complexity index is 1650. The van der Waals surface area contributed by atoms with Gasteiger partial charge in [-0.05, 0) is 56.2 Å². The monoisotopic (exact) mass is 651 g/mol. The number of aromatic nitrogens is 3. The number of nitrogens with zero attached hydrogens (tertiary/aromatic N) is 3. The maximum absolute atomic E-state index is 13.1. The molecule has 4 aromatic rings. The van der Waals surface area contributed by atoms with E-state index in [0.717, 1.165) is 28.7 Å². The van der Waals surface area contributed by atoms with Crippen molar-refractivity contribution >= 4 is 51.9 Å². The number of carbonyl (C=O) groups excluding carboxylic acids is 4. The highest BCUT2D eigenvalue weighted by molar-refractivity contribution is 7.99. The van der Waals surface area contributed by atoms with E-state index in [-0.39, 0.29) is 46.9 Å². The van der Waals surface area contributed by atoms with Gasteiger partial charge in [0.1, 0.15) is 15.6 Å². The van der Waals surface area contributed by atoms with E-state index in [2.05, 4.69) is 20.8 Å². The fourth-order valence-electron chi connectivity index (χ4n) is 4.22. The van der Waals surface area contributed by atoms with Gasteiger partial charge in [-0.3, -0.25) is 9.59 Å². The molecule has 0 aliphatic heterocycles. The third kappa shape index (κ3) is 8.48. The Morgan fingerprint density at radius 2 is 1.62 bits per heavy atom. The van der Waals surface area contributed by atoms with Crippen molar-refractivity contribution in [2.45, 2.75) is 39.0 Å². The van der Waals surface area contributed by atoms with Gasteiger partial charge in [-0.15, -0.1) is 21.5 Å². The molecule has 236 valence electrons. The number of amides is 2. The number of hydrogen-bond donors (Lipinski definition) is 2. The van der Waals surface area contributed by atoms with Crippen LogP contribution in [-0.2, 0) is 27.4 Å². The molecule has 0 fully saturated rings. The largest absolute Gasteiger partial charge is 0.497 e. The van der Waals surface area contributed by atoms with Crippen LogP contribution in [0.4, 0.5) is 5.00 Å². The fraction of sp³-hybridized carbons (Fsp3) is 0.290. The summed E-state index contributed by atoms with van der Waals surface area (Å²) >= 11 is 2.11. The lowest BCUT2D eigenvalue weighted by Crippen LogP contribution is -2.25. The molecular weight excluding hydrogens is 619 g/mol. The number of esters is 2. The molecule has 45 heavy (non-hydrogen) atoms. The minimum absolute atomic E-state index is 0.0704. The first-order valence-corrected chi connectivity index (χ1v) is 15.8. The van der Waals surface area contributed by atoms with Crippen molar-refractivity contribution in [3.05, 3.63) is 87.6 Å². The summed E-state index contributed by atoms with van der Waals surface area (Å²) in [5.74, 6) is -0.863. The van der Waals surface area contributed by atoms with Crippen molar-refractivity contribution in [3.8, 4) is 5.75 Å². The second-order valence-corrected chi connectivity index (χ2v) is 11.4. The number of benzene rings is 2. The maximum atomic E-state index is 13.1. The summed E-state index contributed by atoms with van der Waals surface area (Å²) in [4.78, 5) is 51.3. The number of nitrogens with one attached hydrogen (secondary N) is 2. The molecule has 0 aliphatic rings. The number of thioether (sulfide) groups is 1. The first kappa shape index (κ1) is 33.2. The van der Waals surface area contributed by atoms with Crippen LogP contribution in [0.1, 0.15) is 61.2 Å². The summed E-state index contributed by atoms with van der Waals surface area (Å²) in [6, 6.07) is 16.4. The Morgan fingerprint density at radius 1 is 0.933 bits per heavy atom. The highest BCUT2D eigenvalue weighted by atomic mass is 32.2. The Labute approximate surface area is 268 Å². The van der Waals surface area contributed by atoms with E-state index in [1.807, 2.05) is 34.9 Å². The summed E-state index contributed by atoms with van der Waals surface area (Å²) in [5.41, 5.74) is 1.94. The molecule has 2 heterocycles. The molecule has 2 N–H and O–H groups in total. The highest BCUT2D eigenvalue weighted by Crippen LogP contribution is 2.34. The van der Waals surface area contributed by atoms with Crippen molar-refractivity contribution < 1.29 is 33.4 Å². The molecule has 14 heteroatoms. The topological polar surface area (TPSA) is 151 Å². The molecule has 0 unspecified atom stereocenters. The first-order valence-electron chi connectivity index (χ1n) is 14.0. The van der Waals surface area contributed by atoms with E-state index in [0.29, 0.717) is 34.4 Å². The van der Waals surface area contributed by atoms with Crippen LogP contribution in [0.25, 0.3) is 0 Å². The van der Waals surface area contributed by atoms with E-state index in [1.165, 1.54) is 0 Å². The smallest absolute Gasteiger partial charge is 0.348 e. The van der Waals surface area contributed by atoms with Gasteiger partial charge in [-0.25, -0.2) is 9.59 Å². The molecule has 0 aliphatic carbocycles. The minimum atomic E-state index is -0.645. The van der Waals surface area contributed by atoms with Crippen LogP contribution in [0, 0.1) is 6.92 Å². The summed E-state index contributed by atoms with van der Waals surface area (Å²) in [7, 11) is 1.56. The molecule has 4 rings (SSSR count). The minimum Gasteiger partial charge on any atom is -0.497 e. The number of anilines is 1. The van der Waals surface area contributed by atoms with Gasteiger partial charge < -0.3 is 29.4 Å². The third-order valence-electron chi connectivity index (χ3n) is 6.41. The Balaban J connectivity index is 1.50. The van der Waals surface area contributed by atoms with Crippen molar-refractivity contribution in [1.82, 2.24) is 20.1 Å². The van der Waals surface area contributed by atoms with Gasteiger partial charge in [0.2, 0.25) is 5.91 Å². The van der Waals surface area contributed by atoms with Gasteiger partial charge in [-0.2, -0.15) is 0 Å². The third-order valence-corrected chi connectivity index (χ3v) is 8.56. The van der Waals surface area contributed by atoms with Gasteiger partial charge in [0.25, 0.3) is 5.91 Å². The Hall–Kier alpha value is -4.69. The van der Waals surface area contributed by atoms with Crippen LogP contribution in [0.15, 0.2) is 59.8 Å². The lowest BCUT2D eigenvalue weighted by atomic mass is 10.1. The summed E-state index contributed by atoms with van der Waals surface area (Å²) in [6.45, 7) is 5.78. The Kier molecular flexibility index (Phi) is 11.7. The average molecular weight is 652 g/mol. The van der Waals surface area contributed by atoms with Crippen LogP contribution in [0.5, 0.6) is 5.75 Å². The average Bonchev–Trinajstić information content (AvgIpc) is 3.58. The van der Waals surface area contributed by atoms with E-state index < -0.39 is 17.8 Å². The molecule has 0 bridgehead atoms. The molecule has 0 saturated carbocycles. The molecule has 0 radical (unpaired) electrons.